The summed E-state index contributed by atoms with van der Waals surface area (Å²) in [6, 6.07) is 5.49. The lowest BCUT2D eigenvalue weighted by atomic mass is 9.60. The predicted molar refractivity (Wildman–Crippen MR) is 108 cm³/mol. The Morgan fingerprint density at radius 1 is 1.29 bits per heavy atom. The molecule has 2 aromatic rings. The molecule has 166 valence electrons. The Kier molecular flexibility index (Phi) is 5.65. The van der Waals surface area contributed by atoms with Crippen molar-refractivity contribution < 1.29 is 28.3 Å². The Morgan fingerprint density at radius 3 is 2.65 bits per heavy atom. The molecule has 1 heterocycles. The first kappa shape index (κ1) is 21.6. The maximum absolute atomic E-state index is 13.5. The van der Waals surface area contributed by atoms with Gasteiger partial charge in [-0.25, -0.2) is 4.39 Å². The summed E-state index contributed by atoms with van der Waals surface area (Å²) >= 11 is 5.64. The van der Waals surface area contributed by atoms with Crippen LogP contribution in [0.15, 0.2) is 28.8 Å². The zero-order valence-electron chi connectivity index (χ0n) is 16.9. The van der Waals surface area contributed by atoms with E-state index in [9.17, 15) is 19.1 Å². The fraction of sp³-hybridized carbons (Fsp3) is 0.476. The highest BCUT2D eigenvalue weighted by Gasteiger charge is 2.55. The molecule has 2 amide bonds. The molecule has 3 aliphatic rings. The molecule has 0 spiro atoms. The molecule has 1 atom stereocenters. The van der Waals surface area contributed by atoms with Crippen LogP contribution in [0, 0.1) is 12.7 Å². The number of amides is 2. The van der Waals surface area contributed by atoms with Crippen LogP contribution in [0.5, 0.6) is 5.75 Å². The highest BCUT2D eigenvalue weighted by molar-refractivity contribution is 6.30. The summed E-state index contributed by atoms with van der Waals surface area (Å²) in [5, 5.41) is 20.4. The van der Waals surface area contributed by atoms with Crippen molar-refractivity contribution in [2.45, 2.75) is 56.2 Å². The van der Waals surface area contributed by atoms with Crippen molar-refractivity contribution in [3.63, 3.8) is 0 Å². The van der Waals surface area contributed by atoms with Crippen LogP contribution in [-0.2, 0) is 4.79 Å². The van der Waals surface area contributed by atoms with Gasteiger partial charge in [-0.3, -0.25) is 9.59 Å². The summed E-state index contributed by atoms with van der Waals surface area (Å²) in [6.45, 7) is 1.41. The number of fused-ring (bicyclic) bond motifs is 3. The summed E-state index contributed by atoms with van der Waals surface area (Å²) in [4.78, 5) is 24.9. The third-order valence-corrected chi connectivity index (χ3v) is 6.51. The topological polar surface area (TPSA) is 114 Å². The van der Waals surface area contributed by atoms with E-state index < -0.39 is 28.9 Å². The maximum atomic E-state index is 13.5. The highest BCUT2D eigenvalue weighted by atomic mass is 35.5. The lowest BCUT2D eigenvalue weighted by Crippen LogP contribution is -2.70. The Balaban J connectivity index is 1.34. The van der Waals surface area contributed by atoms with Gasteiger partial charge in [0, 0.05) is 17.7 Å². The fourth-order valence-corrected chi connectivity index (χ4v) is 4.58. The van der Waals surface area contributed by atoms with Crippen LogP contribution in [0.3, 0.4) is 0 Å². The van der Waals surface area contributed by atoms with Gasteiger partial charge in [-0.2, -0.15) is 0 Å². The number of rotatable bonds is 6. The van der Waals surface area contributed by atoms with Gasteiger partial charge < -0.3 is 25.0 Å². The molecule has 3 fully saturated rings. The minimum atomic E-state index is -0.830. The van der Waals surface area contributed by atoms with Gasteiger partial charge in [0.1, 0.15) is 11.6 Å². The molecule has 0 radical (unpaired) electrons. The van der Waals surface area contributed by atoms with E-state index in [1.165, 1.54) is 12.1 Å². The first-order chi connectivity index (χ1) is 14.7. The normalized spacial score (nSPS) is 27.0. The average molecular weight is 452 g/mol. The van der Waals surface area contributed by atoms with E-state index in [1.807, 2.05) is 0 Å². The molecule has 3 aliphatic carbocycles. The van der Waals surface area contributed by atoms with E-state index in [1.54, 1.807) is 13.0 Å². The summed E-state index contributed by atoms with van der Waals surface area (Å²) in [5.41, 5.74) is -0.720. The third kappa shape index (κ3) is 4.38. The van der Waals surface area contributed by atoms with Crippen molar-refractivity contribution in [3.05, 3.63) is 46.6 Å². The summed E-state index contributed by atoms with van der Waals surface area (Å²) in [7, 11) is 0. The quantitative estimate of drug-likeness (QED) is 0.622. The molecule has 0 saturated heterocycles. The van der Waals surface area contributed by atoms with E-state index in [2.05, 4.69) is 15.8 Å². The van der Waals surface area contributed by atoms with Crippen LogP contribution in [0.2, 0.25) is 5.02 Å². The largest absolute Gasteiger partial charge is 0.484 e. The molecule has 0 aliphatic heterocycles. The zero-order chi connectivity index (χ0) is 22.2. The first-order valence-electron chi connectivity index (χ1n) is 10.0. The molecular formula is C21H23ClFN3O5. The van der Waals surface area contributed by atoms with Gasteiger partial charge in [0.2, 0.25) is 5.76 Å². The van der Waals surface area contributed by atoms with Crippen molar-refractivity contribution >= 4 is 23.4 Å². The van der Waals surface area contributed by atoms with E-state index in [0.29, 0.717) is 37.8 Å². The van der Waals surface area contributed by atoms with Gasteiger partial charge in [-0.15, -0.1) is 0 Å². The Morgan fingerprint density at radius 2 is 2.03 bits per heavy atom. The van der Waals surface area contributed by atoms with Crippen molar-refractivity contribution in [1.29, 1.82) is 0 Å². The molecule has 0 unspecified atom stereocenters. The van der Waals surface area contributed by atoms with E-state index in [-0.39, 0.29) is 29.0 Å². The fourth-order valence-electron chi connectivity index (χ4n) is 4.46. The number of carbonyl (C=O) groups is 2. The number of aliphatic hydroxyl groups excluding tert-OH is 1. The molecule has 8 nitrogen and oxygen atoms in total. The lowest BCUT2D eigenvalue weighted by molar-refractivity contribution is -0.132. The highest BCUT2D eigenvalue weighted by Crippen LogP contribution is 2.47. The van der Waals surface area contributed by atoms with Gasteiger partial charge in [0.25, 0.3) is 11.8 Å². The van der Waals surface area contributed by atoms with Crippen LogP contribution in [-0.4, -0.2) is 45.9 Å². The average Bonchev–Trinajstić information content (AvgIpc) is 3.17. The van der Waals surface area contributed by atoms with Crippen molar-refractivity contribution in [1.82, 2.24) is 15.8 Å². The number of aryl methyl sites for hydroxylation is 1. The van der Waals surface area contributed by atoms with Crippen LogP contribution in [0.1, 0.15) is 48.4 Å². The number of carbonyl (C=O) groups excluding carboxylic acids is 2. The minimum Gasteiger partial charge on any atom is -0.484 e. The van der Waals surface area contributed by atoms with Crippen LogP contribution < -0.4 is 15.4 Å². The number of nitrogens with zero attached hydrogens (tertiary/aromatic N) is 1. The van der Waals surface area contributed by atoms with Crippen LogP contribution in [0.4, 0.5) is 4.39 Å². The van der Waals surface area contributed by atoms with Crippen LogP contribution in [0.25, 0.3) is 0 Å². The van der Waals surface area contributed by atoms with E-state index in [4.69, 9.17) is 20.9 Å². The first-order valence-corrected chi connectivity index (χ1v) is 10.4. The van der Waals surface area contributed by atoms with Crippen molar-refractivity contribution in [3.8, 4) is 5.75 Å². The SMILES string of the molecule is Cc1cc(C(=O)NC23CCC(NC(=O)COc4ccc(Cl)c(F)c4)(CC2)[C@@H](O)C3)on1. The third-order valence-electron chi connectivity index (χ3n) is 6.20. The molecular weight excluding hydrogens is 429 g/mol. The zero-order valence-corrected chi connectivity index (χ0v) is 17.7. The number of aliphatic hydroxyl groups is 1. The molecule has 3 N–H and O–H groups in total. The Labute approximate surface area is 183 Å². The number of hydrogen-bond donors (Lipinski definition) is 3. The predicted octanol–water partition coefficient (Wildman–Crippen LogP) is 2.52. The second kappa shape index (κ2) is 8.12. The minimum absolute atomic E-state index is 0.0303. The maximum Gasteiger partial charge on any atom is 0.290 e. The molecule has 31 heavy (non-hydrogen) atoms. The van der Waals surface area contributed by atoms with Gasteiger partial charge in [0.15, 0.2) is 6.61 Å². The lowest BCUT2D eigenvalue weighted by Gasteiger charge is -2.56. The van der Waals surface area contributed by atoms with Gasteiger partial charge in [-0.05, 0) is 51.2 Å². The molecule has 2 bridgehead atoms. The summed E-state index contributed by atoms with van der Waals surface area (Å²) in [6.07, 6.45) is 1.70. The monoisotopic (exact) mass is 451 g/mol. The second-order valence-corrected chi connectivity index (χ2v) is 8.76. The number of ether oxygens (including phenoxy) is 1. The van der Waals surface area contributed by atoms with E-state index >= 15 is 0 Å². The number of hydrogen-bond acceptors (Lipinski definition) is 6. The molecule has 1 aromatic carbocycles. The summed E-state index contributed by atoms with van der Waals surface area (Å²) in [5.74, 6) is -1.09. The molecule has 3 saturated carbocycles. The van der Waals surface area contributed by atoms with Crippen molar-refractivity contribution in [2.75, 3.05) is 6.61 Å². The Hall–Kier alpha value is -2.65. The second-order valence-electron chi connectivity index (χ2n) is 8.36. The van der Waals surface area contributed by atoms with Gasteiger partial charge in [-0.1, -0.05) is 16.8 Å². The van der Waals surface area contributed by atoms with E-state index in [0.717, 1.165) is 6.07 Å². The van der Waals surface area contributed by atoms with Gasteiger partial charge in [0.05, 0.1) is 22.4 Å². The molecule has 10 heteroatoms. The number of nitrogens with one attached hydrogen (secondary N) is 2. The Bertz CT molecular complexity index is 1000. The number of aromatic nitrogens is 1. The standard InChI is InChI=1S/C21H23ClFN3O5/c1-12-8-16(31-26-12)19(29)25-20-4-6-21(7-5-20,17(27)10-20)24-18(28)11-30-13-2-3-14(22)15(23)9-13/h2-3,8-9,17,27H,4-7,10-11H2,1H3,(H,24,28)(H,25,29)/t17-,20?,21?/m0/s1. The number of benzene rings is 1. The smallest absolute Gasteiger partial charge is 0.290 e. The molecule has 1 aromatic heterocycles. The van der Waals surface area contributed by atoms with Crippen LogP contribution >= 0.6 is 11.6 Å². The van der Waals surface area contributed by atoms with Crippen molar-refractivity contribution in [2.24, 2.45) is 0 Å². The molecule has 5 rings (SSSR count). The number of halogens is 2. The van der Waals surface area contributed by atoms with Gasteiger partial charge >= 0.3 is 0 Å². The summed E-state index contributed by atoms with van der Waals surface area (Å²) < 4.78 is 23.9.